The van der Waals surface area contributed by atoms with Crippen molar-refractivity contribution in [3.63, 3.8) is 0 Å². The number of aromatic nitrogens is 1. The van der Waals surface area contributed by atoms with Crippen LogP contribution in [0.25, 0.3) is 0 Å². The molecule has 1 amide bonds. The number of aromatic hydroxyl groups is 1. The molecule has 0 saturated heterocycles. The minimum atomic E-state index is -3.60. The smallest absolute Gasteiger partial charge is 0.322 e. The van der Waals surface area contributed by atoms with Crippen molar-refractivity contribution >= 4 is 33.3 Å². The Bertz CT molecular complexity index is 1140. The highest BCUT2D eigenvalue weighted by Gasteiger charge is 2.35. The van der Waals surface area contributed by atoms with Crippen molar-refractivity contribution in [1.82, 2.24) is 9.88 Å². The van der Waals surface area contributed by atoms with Gasteiger partial charge in [0.1, 0.15) is 17.9 Å². The van der Waals surface area contributed by atoms with E-state index in [0.717, 1.165) is 4.57 Å². The number of carboxylic acids is 1. The predicted molar refractivity (Wildman–Crippen MR) is 99.2 cm³/mol. The van der Waals surface area contributed by atoms with Crippen LogP contribution >= 0.6 is 11.6 Å². The summed E-state index contributed by atoms with van der Waals surface area (Å²) in [6.07, 6.45) is 0. The minimum absolute atomic E-state index is 0.0333. The van der Waals surface area contributed by atoms with Crippen molar-refractivity contribution in [3.8, 4) is 5.75 Å². The van der Waals surface area contributed by atoms with Crippen molar-refractivity contribution in [2.45, 2.75) is 18.1 Å². The molecule has 0 bridgehead atoms. The first-order valence-electron chi connectivity index (χ1n) is 8.01. The Kier molecular flexibility index (Phi) is 5.18. The van der Waals surface area contributed by atoms with Crippen molar-refractivity contribution in [2.75, 3.05) is 6.54 Å². The average Bonchev–Trinajstić information content (AvgIpc) is 2.94. The number of nitrogens with one attached hydrogen (secondary N) is 1. The molecule has 11 heteroatoms. The van der Waals surface area contributed by atoms with Gasteiger partial charge in [0, 0.05) is 16.3 Å². The van der Waals surface area contributed by atoms with E-state index in [4.69, 9.17) is 16.7 Å². The number of carbonyl (C=O) groups excluding carboxylic acids is 1. The molecule has 2 aromatic rings. The van der Waals surface area contributed by atoms with Crippen LogP contribution in [0.2, 0.25) is 5.02 Å². The van der Waals surface area contributed by atoms with Crippen LogP contribution in [0.1, 0.15) is 27.2 Å². The number of hydrogen-bond acceptors (Lipinski definition) is 6. The van der Waals surface area contributed by atoms with E-state index in [1.807, 2.05) is 5.32 Å². The molecule has 2 heterocycles. The molecule has 0 aliphatic carbocycles. The highest BCUT2D eigenvalue weighted by Crippen LogP contribution is 2.33. The second-order valence-electron chi connectivity index (χ2n) is 6.28. The number of pyridine rings is 1. The first-order chi connectivity index (χ1) is 13.1. The Balaban J connectivity index is 2.15. The highest BCUT2D eigenvalue weighted by molar-refractivity contribution is 7.90. The third-order valence-electron chi connectivity index (χ3n) is 4.26. The number of nitrogens with zero attached hydrogens (tertiary/aromatic N) is 1. The molecule has 0 atom stereocenters. The molecular formula is C17H15ClN2O7S. The predicted octanol–water partition coefficient (Wildman–Crippen LogP) is 0.498. The molecule has 0 radical (unpaired) electrons. The fourth-order valence-corrected chi connectivity index (χ4v) is 4.71. The zero-order valence-corrected chi connectivity index (χ0v) is 15.9. The number of fused-ring (bicyclic) bond motifs is 1. The van der Waals surface area contributed by atoms with E-state index < -0.39 is 56.6 Å². The molecule has 0 saturated carbocycles. The van der Waals surface area contributed by atoms with Gasteiger partial charge in [-0.25, -0.2) is 8.42 Å². The second-order valence-corrected chi connectivity index (χ2v) is 8.78. The van der Waals surface area contributed by atoms with Crippen molar-refractivity contribution in [2.24, 2.45) is 0 Å². The standard InChI is InChI=1S/C17H15ClN2O7S/c18-10-3-1-9(2-4-10)6-20-12-8-28(26,27)7-11(12)15(23)14(17(20)25)16(24)19-5-13(21)22/h1-4,23H,5-8H2,(H,19,24)(H,21,22). The van der Waals surface area contributed by atoms with Gasteiger partial charge in [-0.05, 0) is 17.7 Å². The van der Waals surface area contributed by atoms with Gasteiger partial charge in [-0.3, -0.25) is 14.4 Å². The summed E-state index contributed by atoms with van der Waals surface area (Å²) in [6, 6.07) is 6.48. The third kappa shape index (κ3) is 3.87. The maximum absolute atomic E-state index is 12.9. The van der Waals surface area contributed by atoms with Crippen LogP contribution in [0.4, 0.5) is 0 Å². The molecule has 1 aliphatic heterocycles. The zero-order valence-electron chi connectivity index (χ0n) is 14.3. The molecule has 3 N–H and O–H groups in total. The number of carboxylic acid groups (broad SMARTS) is 1. The van der Waals surface area contributed by atoms with E-state index >= 15 is 0 Å². The summed E-state index contributed by atoms with van der Waals surface area (Å²) < 4.78 is 25.3. The maximum Gasteiger partial charge on any atom is 0.322 e. The van der Waals surface area contributed by atoms with E-state index in [-0.39, 0.29) is 17.8 Å². The SMILES string of the molecule is O=C(O)CNC(=O)c1c(O)c2c(n(Cc3ccc(Cl)cc3)c1=O)CS(=O)(=O)C2. The van der Waals surface area contributed by atoms with Crippen LogP contribution < -0.4 is 10.9 Å². The monoisotopic (exact) mass is 426 g/mol. The number of sulfone groups is 1. The topological polar surface area (TPSA) is 143 Å². The maximum atomic E-state index is 12.9. The van der Waals surface area contributed by atoms with Crippen LogP contribution in [0.15, 0.2) is 29.1 Å². The van der Waals surface area contributed by atoms with Gasteiger partial charge >= 0.3 is 5.97 Å². The number of hydrogen-bond donors (Lipinski definition) is 3. The lowest BCUT2D eigenvalue weighted by Crippen LogP contribution is -2.37. The van der Waals surface area contributed by atoms with Gasteiger partial charge in [-0.1, -0.05) is 23.7 Å². The first kappa shape index (κ1) is 19.9. The number of rotatable bonds is 5. The van der Waals surface area contributed by atoms with Crippen LogP contribution in [-0.2, 0) is 32.7 Å². The summed E-state index contributed by atoms with van der Waals surface area (Å²) in [5.74, 6) is -4.14. The van der Waals surface area contributed by atoms with Gasteiger partial charge in [-0.2, -0.15) is 0 Å². The van der Waals surface area contributed by atoms with Gasteiger partial charge in [0.2, 0.25) is 0 Å². The molecule has 0 unspecified atom stereocenters. The van der Waals surface area contributed by atoms with E-state index in [9.17, 15) is 27.9 Å². The number of amides is 1. The molecular weight excluding hydrogens is 412 g/mol. The lowest BCUT2D eigenvalue weighted by molar-refractivity contribution is -0.135. The summed E-state index contributed by atoms with van der Waals surface area (Å²) in [5, 5.41) is 21.6. The summed E-state index contributed by atoms with van der Waals surface area (Å²) >= 11 is 5.84. The number of benzene rings is 1. The minimum Gasteiger partial charge on any atom is -0.507 e. The van der Waals surface area contributed by atoms with E-state index in [0.29, 0.717) is 10.6 Å². The number of carbonyl (C=O) groups is 2. The van der Waals surface area contributed by atoms with Gasteiger partial charge < -0.3 is 20.1 Å². The largest absolute Gasteiger partial charge is 0.507 e. The summed E-state index contributed by atoms with van der Waals surface area (Å²) in [7, 11) is -3.60. The van der Waals surface area contributed by atoms with Crippen molar-refractivity contribution in [1.29, 1.82) is 0 Å². The molecule has 1 aliphatic rings. The van der Waals surface area contributed by atoms with Crippen LogP contribution in [0, 0.1) is 0 Å². The summed E-state index contributed by atoms with van der Waals surface area (Å²) in [6.45, 7) is -0.808. The lowest BCUT2D eigenvalue weighted by atomic mass is 10.1. The fourth-order valence-electron chi connectivity index (χ4n) is 2.99. The normalized spacial score (nSPS) is 14.5. The van der Waals surface area contributed by atoms with Gasteiger partial charge in [0.25, 0.3) is 11.5 Å². The summed E-state index contributed by atoms with van der Waals surface area (Å²) in [4.78, 5) is 35.8. The second kappa shape index (κ2) is 7.28. The fraction of sp³-hybridized carbons (Fsp3) is 0.235. The van der Waals surface area contributed by atoms with Crippen LogP contribution in [-0.4, -0.2) is 41.6 Å². The molecule has 0 fully saturated rings. The highest BCUT2D eigenvalue weighted by atomic mass is 35.5. The number of halogens is 1. The van der Waals surface area contributed by atoms with Crippen molar-refractivity contribution < 1.29 is 28.2 Å². The Hall–Kier alpha value is -2.85. The molecule has 148 valence electrons. The van der Waals surface area contributed by atoms with Crippen molar-refractivity contribution in [3.05, 3.63) is 62.0 Å². The van der Waals surface area contributed by atoms with Gasteiger partial charge in [-0.15, -0.1) is 0 Å². The third-order valence-corrected chi connectivity index (χ3v) is 5.95. The molecule has 1 aromatic carbocycles. The average molecular weight is 427 g/mol. The molecule has 0 spiro atoms. The zero-order chi connectivity index (χ0) is 20.6. The number of aliphatic carboxylic acids is 1. The summed E-state index contributed by atoms with van der Waals surface area (Å²) in [5.41, 5.74) is -0.904. The molecule has 3 rings (SSSR count). The van der Waals surface area contributed by atoms with E-state index in [1.54, 1.807) is 24.3 Å². The van der Waals surface area contributed by atoms with Gasteiger partial charge in [0.15, 0.2) is 9.84 Å². The molecule has 28 heavy (non-hydrogen) atoms. The Labute approximate surface area is 164 Å². The quantitative estimate of drug-likeness (QED) is 0.631. The Morgan fingerprint density at radius 3 is 2.43 bits per heavy atom. The first-order valence-corrected chi connectivity index (χ1v) is 10.2. The van der Waals surface area contributed by atoms with Crippen LogP contribution in [0.3, 0.4) is 0 Å². The van der Waals surface area contributed by atoms with Gasteiger partial charge in [0.05, 0.1) is 18.1 Å². The van der Waals surface area contributed by atoms with E-state index in [1.165, 1.54) is 0 Å². The Morgan fingerprint density at radius 1 is 1.18 bits per heavy atom. The molecule has 9 nitrogen and oxygen atoms in total. The Morgan fingerprint density at radius 2 is 1.82 bits per heavy atom. The van der Waals surface area contributed by atoms with Crippen LogP contribution in [0.5, 0.6) is 5.75 Å². The molecule has 1 aromatic heterocycles. The lowest BCUT2D eigenvalue weighted by Gasteiger charge is -2.16. The van der Waals surface area contributed by atoms with E-state index in [2.05, 4.69) is 0 Å².